The van der Waals surface area contributed by atoms with E-state index in [2.05, 4.69) is 42.7 Å². The van der Waals surface area contributed by atoms with Gasteiger partial charge in [0, 0.05) is 12.6 Å². The molecule has 0 fully saturated rings. The highest BCUT2D eigenvalue weighted by Gasteiger charge is 2.13. The molecule has 5 nitrogen and oxygen atoms in total. The molecule has 1 aromatic carbocycles. The van der Waals surface area contributed by atoms with Gasteiger partial charge in [0.2, 0.25) is 5.76 Å². The van der Waals surface area contributed by atoms with Crippen LogP contribution in [0.2, 0.25) is 0 Å². The van der Waals surface area contributed by atoms with Crippen molar-refractivity contribution in [2.75, 3.05) is 0 Å². The topological polar surface area (TPSA) is 60.4 Å². The summed E-state index contributed by atoms with van der Waals surface area (Å²) in [5, 5.41) is 3.73. The van der Waals surface area contributed by atoms with Crippen molar-refractivity contribution in [3.8, 4) is 0 Å². The molecule has 0 aliphatic carbocycles. The van der Waals surface area contributed by atoms with Crippen molar-refractivity contribution in [3.63, 3.8) is 0 Å². The quantitative estimate of drug-likeness (QED) is 0.691. The summed E-state index contributed by atoms with van der Waals surface area (Å²) in [6, 6.07) is 5.83. The van der Waals surface area contributed by atoms with Crippen LogP contribution in [0.4, 0.5) is 0 Å². The summed E-state index contributed by atoms with van der Waals surface area (Å²) in [4.78, 5) is 17.1. The van der Waals surface area contributed by atoms with Crippen LogP contribution >= 0.6 is 11.3 Å². The Bertz CT molecular complexity index is 976. The number of benzene rings is 1. The Balaban J connectivity index is 2.19. The lowest BCUT2D eigenvalue weighted by molar-refractivity contribution is 0.0962. The molecule has 2 heterocycles. The van der Waals surface area contributed by atoms with Gasteiger partial charge < -0.3 is 9.09 Å². The van der Waals surface area contributed by atoms with Crippen LogP contribution in [-0.4, -0.2) is 15.6 Å². The molecule has 1 amide bonds. The third-order valence-corrected chi connectivity index (χ3v) is 4.69. The van der Waals surface area contributed by atoms with Gasteiger partial charge in [-0.3, -0.25) is 4.79 Å². The number of hydrogen-bond donors (Lipinski definition) is 0. The molecule has 0 atom stereocenters. The lowest BCUT2D eigenvalue weighted by atomic mass is 10.1. The van der Waals surface area contributed by atoms with Crippen LogP contribution < -0.4 is 4.80 Å². The lowest BCUT2D eigenvalue weighted by Crippen LogP contribution is -2.16. The van der Waals surface area contributed by atoms with Gasteiger partial charge >= 0.3 is 5.91 Å². The zero-order valence-electron chi connectivity index (χ0n) is 13.3. The second-order valence-electron chi connectivity index (χ2n) is 5.44. The molecular formula is C17H17N3O2S. The van der Waals surface area contributed by atoms with Crippen molar-refractivity contribution in [1.82, 2.24) is 9.72 Å². The first kappa shape index (κ1) is 15.4. The molecule has 0 aliphatic rings. The third kappa shape index (κ3) is 2.90. The Hall–Kier alpha value is -2.47. The van der Waals surface area contributed by atoms with Crippen LogP contribution in [0, 0.1) is 20.8 Å². The van der Waals surface area contributed by atoms with Gasteiger partial charge in [0.05, 0.1) is 15.9 Å². The number of fused-ring (bicyclic) bond motifs is 1. The maximum Gasteiger partial charge on any atom is 0.318 e. The van der Waals surface area contributed by atoms with Crippen LogP contribution in [0.15, 0.2) is 40.4 Å². The van der Waals surface area contributed by atoms with E-state index in [9.17, 15) is 4.79 Å². The third-order valence-electron chi connectivity index (χ3n) is 3.65. The summed E-state index contributed by atoms with van der Waals surface area (Å²) in [5.41, 5.74) is 4.13. The molecule has 3 aromatic rings. The first-order valence-electron chi connectivity index (χ1n) is 7.23. The Kier molecular flexibility index (Phi) is 4.00. The van der Waals surface area contributed by atoms with Gasteiger partial charge in [-0.1, -0.05) is 22.6 Å². The van der Waals surface area contributed by atoms with Gasteiger partial charge in [-0.15, -0.1) is 6.58 Å². The fourth-order valence-corrected chi connectivity index (χ4v) is 3.44. The Morgan fingerprint density at radius 2 is 2.09 bits per heavy atom. The fourth-order valence-electron chi connectivity index (χ4n) is 2.32. The highest BCUT2D eigenvalue weighted by molar-refractivity contribution is 7.16. The SMILES string of the molecule is C=CCn1c(=NC(=O)c2cc(C)no2)sc2cc(C)c(C)cc21. The number of carbonyl (C=O) groups excluding carboxylic acids is 1. The number of hydrogen-bond acceptors (Lipinski definition) is 4. The van der Waals surface area contributed by atoms with E-state index in [4.69, 9.17) is 4.52 Å². The van der Waals surface area contributed by atoms with Crippen LogP contribution in [0.1, 0.15) is 27.4 Å². The van der Waals surface area contributed by atoms with Gasteiger partial charge in [0.15, 0.2) is 4.80 Å². The normalized spacial score (nSPS) is 12.0. The molecule has 0 saturated carbocycles. The molecule has 6 heteroatoms. The van der Waals surface area contributed by atoms with Crippen LogP contribution in [0.25, 0.3) is 10.2 Å². The molecule has 0 saturated heterocycles. The summed E-state index contributed by atoms with van der Waals surface area (Å²) in [7, 11) is 0. The largest absolute Gasteiger partial charge is 0.351 e. The molecule has 23 heavy (non-hydrogen) atoms. The Morgan fingerprint density at radius 1 is 1.35 bits per heavy atom. The van der Waals surface area contributed by atoms with E-state index >= 15 is 0 Å². The predicted molar refractivity (Wildman–Crippen MR) is 90.6 cm³/mol. The number of rotatable bonds is 3. The second kappa shape index (κ2) is 5.96. The number of allylic oxidation sites excluding steroid dienone is 1. The average Bonchev–Trinajstić information content (AvgIpc) is 3.06. The minimum Gasteiger partial charge on any atom is -0.351 e. The van der Waals surface area contributed by atoms with Gasteiger partial charge in [0.25, 0.3) is 0 Å². The highest BCUT2D eigenvalue weighted by Crippen LogP contribution is 2.22. The number of aromatic nitrogens is 2. The first-order chi connectivity index (χ1) is 11.0. The van der Waals surface area contributed by atoms with E-state index in [0.717, 1.165) is 10.2 Å². The van der Waals surface area contributed by atoms with Crippen molar-refractivity contribution < 1.29 is 9.32 Å². The lowest BCUT2D eigenvalue weighted by Gasteiger charge is -2.03. The number of aryl methyl sites for hydroxylation is 3. The number of nitrogens with zero attached hydrogens (tertiary/aromatic N) is 3. The smallest absolute Gasteiger partial charge is 0.318 e. The van der Waals surface area contributed by atoms with E-state index in [0.29, 0.717) is 17.0 Å². The summed E-state index contributed by atoms with van der Waals surface area (Å²) in [6.07, 6.45) is 1.80. The Labute approximate surface area is 137 Å². The molecule has 118 valence electrons. The Morgan fingerprint density at radius 3 is 2.74 bits per heavy atom. The maximum absolute atomic E-state index is 12.3. The summed E-state index contributed by atoms with van der Waals surface area (Å²) in [6.45, 7) is 10.3. The van der Waals surface area contributed by atoms with E-state index in [1.807, 2.05) is 4.57 Å². The van der Waals surface area contributed by atoms with Crippen LogP contribution in [0.5, 0.6) is 0 Å². The summed E-state index contributed by atoms with van der Waals surface area (Å²) in [5.74, 6) is -0.277. The van der Waals surface area contributed by atoms with E-state index in [1.165, 1.54) is 22.5 Å². The monoisotopic (exact) mass is 327 g/mol. The zero-order valence-corrected chi connectivity index (χ0v) is 14.1. The average molecular weight is 327 g/mol. The van der Waals surface area contributed by atoms with E-state index in [1.54, 1.807) is 19.1 Å². The molecule has 0 bridgehead atoms. The predicted octanol–water partition coefficient (Wildman–Crippen LogP) is 3.54. The van der Waals surface area contributed by atoms with Crippen molar-refractivity contribution >= 4 is 27.5 Å². The molecule has 3 rings (SSSR count). The molecule has 2 aromatic heterocycles. The number of thiazole rings is 1. The zero-order chi connectivity index (χ0) is 16.6. The van der Waals surface area contributed by atoms with Gasteiger partial charge in [-0.2, -0.15) is 4.99 Å². The molecule has 0 radical (unpaired) electrons. The van der Waals surface area contributed by atoms with Gasteiger partial charge in [-0.25, -0.2) is 0 Å². The number of carbonyl (C=O) groups is 1. The van der Waals surface area contributed by atoms with Crippen LogP contribution in [-0.2, 0) is 6.54 Å². The van der Waals surface area contributed by atoms with Crippen molar-refractivity contribution in [1.29, 1.82) is 0 Å². The van der Waals surface area contributed by atoms with E-state index in [-0.39, 0.29) is 5.76 Å². The fraction of sp³-hybridized carbons (Fsp3) is 0.235. The first-order valence-corrected chi connectivity index (χ1v) is 8.05. The summed E-state index contributed by atoms with van der Waals surface area (Å²) < 4.78 is 8.07. The number of amides is 1. The molecule has 0 N–H and O–H groups in total. The molecule has 0 spiro atoms. The maximum atomic E-state index is 12.3. The minimum absolute atomic E-state index is 0.150. The molecular weight excluding hydrogens is 310 g/mol. The van der Waals surface area contributed by atoms with Crippen molar-refractivity contribution in [3.05, 3.63) is 58.2 Å². The molecule has 0 aliphatic heterocycles. The molecule has 0 unspecified atom stereocenters. The second-order valence-corrected chi connectivity index (χ2v) is 6.45. The van der Waals surface area contributed by atoms with E-state index < -0.39 is 5.91 Å². The summed E-state index contributed by atoms with van der Waals surface area (Å²) >= 11 is 1.48. The van der Waals surface area contributed by atoms with Crippen molar-refractivity contribution in [2.45, 2.75) is 27.3 Å². The highest BCUT2D eigenvalue weighted by atomic mass is 32.1. The van der Waals surface area contributed by atoms with Gasteiger partial charge in [0.1, 0.15) is 0 Å². The minimum atomic E-state index is -0.427. The van der Waals surface area contributed by atoms with Gasteiger partial charge in [-0.05, 0) is 44.0 Å². The van der Waals surface area contributed by atoms with Crippen molar-refractivity contribution in [2.24, 2.45) is 4.99 Å². The standard InChI is InChI=1S/C17H17N3O2S/c1-5-6-20-13-7-10(2)11(3)8-15(13)23-17(20)18-16(21)14-9-12(4)19-22-14/h5,7-9H,1,6H2,2-4H3. The van der Waals surface area contributed by atoms with Crippen LogP contribution in [0.3, 0.4) is 0 Å².